The largest absolute Gasteiger partial charge is 0.595 e. The summed E-state index contributed by atoms with van der Waals surface area (Å²) in [7, 11) is 0. The van der Waals surface area contributed by atoms with Crippen LogP contribution >= 0.6 is 0 Å². The van der Waals surface area contributed by atoms with Crippen molar-refractivity contribution >= 4 is 17.3 Å². The third kappa shape index (κ3) is 2.33. The SMILES string of the molecule is Cc1c(C(N)=O)cc([NH+]([O-])O)cc1[NH+]([O-])O. The number of carbonyl (C=O) groups excluding carboxylic acids is 1. The highest BCUT2D eigenvalue weighted by molar-refractivity contribution is 5.96. The first kappa shape index (κ1) is 12.5. The first-order chi connectivity index (χ1) is 7.34. The smallest absolute Gasteiger partial charge is 0.249 e. The minimum absolute atomic E-state index is 0.0997. The summed E-state index contributed by atoms with van der Waals surface area (Å²) in [6.07, 6.45) is 0. The first-order valence-electron chi connectivity index (χ1n) is 4.25. The zero-order valence-corrected chi connectivity index (χ0v) is 8.35. The van der Waals surface area contributed by atoms with Gasteiger partial charge in [0.15, 0.2) is 11.4 Å². The van der Waals surface area contributed by atoms with Crippen LogP contribution in [0.1, 0.15) is 15.9 Å². The van der Waals surface area contributed by atoms with E-state index in [0.29, 0.717) is 0 Å². The molecule has 0 fully saturated rings. The van der Waals surface area contributed by atoms with Crippen molar-refractivity contribution in [2.24, 2.45) is 5.73 Å². The van der Waals surface area contributed by atoms with E-state index in [1.807, 2.05) is 0 Å². The summed E-state index contributed by atoms with van der Waals surface area (Å²) in [5.74, 6) is -0.858. The molecule has 0 aromatic heterocycles. The molecule has 0 saturated heterocycles. The van der Waals surface area contributed by atoms with Gasteiger partial charge in [-0.2, -0.15) is 10.5 Å². The fourth-order valence-electron chi connectivity index (χ4n) is 1.32. The van der Waals surface area contributed by atoms with E-state index in [4.69, 9.17) is 16.1 Å². The lowest BCUT2D eigenvalue weighted by Crippen LogP contribution is -3.01. The molecule has 0 saturated carbocycles. The van der Waals surface area contributed by atoms with E-state index in [1.165, 1.54) is 6.92 Å². The molecule has 0 aliphatic carbocycles. The van der Waals surface area contributed by atoms with Crippen LogP contribution in [0.4, 0.5) is 11.4 Å². The van der Waals surface area contributed by atoms with E-state index in [0.717, 1.165) is 12.1 Å². The van der Waals surface area contributed by atoms with Crippen LogP contribution in [-0.4, -0.2) is 16.3 Å². The molecule has 8 nitrogen and oxygen atoms in total. The van der Waals surface area contributed by atoms with Gasteiger partial charge in [-0.15, -0.1) is 0 Å². The highest BCUT2D eigenvalue weighted by Crippen LogP contribution is 2.19. The number of amides is 1. The van der Waals surface area contributed by atoms with Gasteiger partial charge in [-0.3, -0.25) is 4.79 Å². The number of hydrogen-bond donors (Lipinski definition) is 5. The molecule has 0 spiro atoms. The molecule has 16 heavy (non-hydrogen) atoms. The van der Waals surface area contributed by atoms with Gasteiger partial charge in [-0.05, 0) is 6.92 Å². The number of quaternary nitrogens is 2. The number of nitrogens with two attached hydrogens (primary N) is 1. The Bertz CT molecular complexity index is 418. The van der Waals surface area contributed by atoms with E-state index in [1.54, 1.807) is 0 Å². The number of nitrogens with one attached hydrogen (secondary N) is 2. The molecule has 0 heterocycles. The average Bonchev–Trinajstić information content (AvgIpc) is 2.16. The molecule has 0 aliphatic heterocycles. The van der Waals surface area contributed by atoms with Crippen LogP contribution in [0.15, 0.2) is 12.1 Å². The molecular weight excluding hydrogens is 218 g/mol. The quantitative estimate of drug-likeness (QED) is 0.378. The Morgan fingerprint density at radius 1 is 1.31 bits per heavy atom. The molecule has 0 radical (unpaired) electrons. The zero-order valence-electron chi connectivity index (χ0n) is 8.35. The molecule has 1 aromatic rings. The van der Waals surface area contributed by atoms with Gasteiger partial charge < -0.3 is 16.1 Å². The lowest BCUT2D eigenvalue weighted by atomic mass is 10.1. The molecule has 1 aromatic carbocycles. The van der Waals surface area contributed by atoms with Crippen LogP contribution < -0.4 is 16.2 Å². The fraction of sp³-hybridized carbons (Fsp3) is 0.125. The molecule has 8 heteroatoms. The summed E-state index contributed by atoms with van der Waals surface area (Å²) in [4.78, 5) is 11.0. The second-order valence-electron chi connectivity index (χ2n) is 3.17. The number of carbonyl (C=O) groups is 1. The third-order valence-electron chi connectivity index (χ3n) is 2.15. The van der Waals surface area contributed by atoms with Crippen molar-refractivity contribution in [2.75, 3.05) is 0 Å². The number of hydrogen-bond acceptors (Lipinski definition) is 5. The Kier molecular flexibility index (Phi) is 3.55. The van der Waals surface area contributed by atoms with Gasteiger partial charge in [0.25, 0.3) is 0 Å². The maximum absolute atomic E-state index is 11.0. The van der Waals surface area contributed by atoms with E-state index < -0.39 is 16.4 Å². The van der Waals surface area contributed by atoms with Gasteiger partial charge in [0.1, 0.15) is 0 Å². The second-order valence-corrected chi connectivity index (χ2v) is 3.17. The molecule has 0 aliphatic rings. The van der Waals surface area contributed by atoms with Gasteiger partial charge in [0, 0.05) is 11.6 Å². The van der Waals surface area contributed by atoms with Crippen LogP contribution in [0, 0.1) is 17.3 Å². The van der Waals surface area contributed by atoms with Crippen LogP contribution in [-0.2, 0) is 0 Å². The topological polar surface area (TPSA) is 139 Å². The van der Waals surface area contributed by atoms with E-state index in [9.17, 15) is 15.2 Å². The molecule has 1 rings (SSSR count). The Labute approximate surface area is 90.2 Å². The minimum Gasteiger partial charge on any atom is -0.595 e. The lowest BCUT2D eigenvalue weighted by Gasteiger charge is -2.18. The minimum atomic E-state index is -1.31. The summed E-state index contributed by atoms with van der Waals surface area (Å²) in [6.45, 7) is 1.40. The van der Waals surface area contributed by atoms with Crippen molar-refractivity contribution in [3.8, 4) is 0 Å². The van der Waals surface area contributed by atoms with Crippen LogP contribution in [0.2, 0.25) is 0 Å². The van der Waals surface area contributed by atoms with Crippen molar-refractivity contribution < 1.29 is 25.7 Å². The average molecular weight is 229 g/mol. The zero-order chi connectivity index (χ0) is 12.5. The van der Waals surface area contributed by atoms with Crippen molar-refractivity contribution in [3.63, 3.8) is 0 Å². The first-order valence-corrected chi connectivity index (χ1v) is 4.25. The van der Waals surface area contributed by atoms with Crippen LogP contribution in [0.25, 0.3) is 0 Å². The Morgan fingerprint density at radius 2 is 1.88 bits per heavy atom. The second kappa shape index (κ2) is 4.53. The van der Waals surface area contributed by atoms with Gasteiger partial charge in [-0.1, -0.05) is 0 Å². The van der Waals surface area contributed by atoms with Crippen LogP contribution in [0.3, 0.4) is 0 Å². The summed E-state index contributed by atoms with van der Waals surface area (Å²) < 4.78 is 0. The molecule has 1 amide bonds. The van der Waals surface area contributed by atoms with Gasteiger partial charge in [0.05, 0.1) is 11.6 Å². The molecule has 2 atom stereocenters. The van der Waals surface area contributed by atoms with Gasteiger partial charge in [-0.25, -0.2) is 10.4 Å². The van der Waals surface area contributed by atoms with E-state index in [2.05, 4.69) is 0 Å². The molecule has 88 valence electrons. The van der Waals surface area contributed by atoms with Crippen molar-refractivity contribution in [3.05, 3.63) is 33.7 Å². The van der Waals surface area contributed by atoms with Gasteiger partial charge in [0.2, 0.25) is 5.91 Å². The molecule has 6 N–H and O–H groups in total. The maximum atomic E-state index is 11.0. The van der Waals surface area contributed by atoms with Crippen molar-refractivity contribution in [1.82, 2.24) is 0 Å². The highest BCUT2D eigenvalue weighted by Gasteiger charge is 2.18. The van der Waals surface area contributed by atoms with E-state index in [-0.39, 0.29) is 22.5 Å². The van der Waals surface area contributed by atoms with Gasteiger partial charge >= 0.3 is 0 Å². The standard InChI is InChI=1S/C8H11N3O5/c1-4-6(8(9)12)2-5(10(13)14)3-7(4)11(15)16/h2-3,10-11,13,15H,1H3,(H2,9,12). The predicted molar refractivity (Wildman–Crippen MR) is 51.2 cm³/mol. The van der Waals surface area contributed by atoms with Crippen LogP contribution in [0.5, 0.6) is 0 Å². The summed E-state index contributed by atoms with van der Waals surface area (Å²) in [6, 6.07) is 2.05. The Balaban J connectivity index is 3.45. The number of rotatable bonds is 3. The van der Waals surface area contributed by atoms with Crippen molar-refractivity contribution in [1.29, 1.82) is 0 Å². The summed E-state index contributed by atoms with van der Waals surface area (Å²) in [5.41, 5.74) is 4.56. The normalized spacial score (nSPS) is 14.6. The third-order valence-corrected chi connectivity index (χ3v) is 2.15. The lowest BCUT2D eigenvalue weighted by molar-refractivity contribution is -0.996. The monoisotopic (exact) mass is 229 g/mol. The molecule has 2 unspecified atom stereocenters. The fourth-order valence-corrected chi connectivity index (χ4v) is 1.32. The maximum Gasteiger partial charge on any atom is 0.249 e. The van der Waals surface area contributed by atoms with E-state index >= 15 is 0 Å². The Morgan fingerprint density at radius 3 is 2.25 bits per heavy atom. The predicted octanol–water partition coefficient (Wildman–Crippen LogP) is -2.10. The summed E-state index contributed by atoms with van der Waals surface area (Å²) in [5, 5.41) is 36.5. The van der Waals surface area contributed by atoms with Crippen molar-refractivity contribution in [2.45, 2.75) is 6.92 Å². The number of primary amides is 1. The molecular formula is C8H11N3O5. The highest BCUT2D eigenvalue weighted by atomic mass is 16.8. The Hall–Kier alpha value is -1.55. The number of benzene rings is 1. The summed E-state index contributed by atoms with van der Waals surface area (Å²) >= 11 is 0. The molecule has 0 bridgehead atoms.